The average molecular weight is 236 g/mol. The lowest BCUT2D eigenvalue weighted by Crippen LogP contribution is -1.84. The third-order valence-electron chi connectivity index (χ3n) is 2.01. The number of phenols is 1. The molecule has 1 aromatic heterocycles. The van der Waals surface area contributed by atoms with Gasteiger partial charge in [-0.3, -0.25) is 5.10 Å². The van der Waals surface area contributed by atoms with Crippen molar-refractivity contribution in [3.8, 4) is 5.75 Å². The van der Waals surface area contributed by atoms with Gasteiger partial charge in [0.2, 0.25) is 0 Å². The van der Waals surface area contributed by atoms with Crippen LogP contribution in [0, 0.1) is 5.82 Å². The van der Waals surface area contributed by atoms with Gasteiger partial charge >= 0.3 is 0 Å². The topological polar surface area (TPSA) is 126 Å². The number of anilines is 2. The molecule has 1 heterocycles. The lowest BCUT2D eigenvalue weighted by molar-refractivity contribution is 0.470. The summed E-state index contributed by atoms with van der Waals surface area (Å²) in [5.41, 5.74) is 10.7. The van der Waals surface area contributed by atoms with Crippen LogP contribution >= 0.6 is 0 Å². The largest absolute Gasteiger partial charge is 0.506 e. The van der Waals surface area contributed by atoms with E-state index in [1.165, 1.54) is 12.1 Å². The molecule has 88 valence electrons. The van der Waals surface area contributed by atoms with Crippen LogP contribution in [0.5, 0.6) is 5.75 Å². The smallest absolute Gasteiger partial charge is 0.175 e. The number of rotatable bonds is 2. The fourth-order valence-corrected chi connectivity index (χ4v) is 1.17. The third-order valence-corrected chi connectivity index (χ3v) is 2.01. The molecule has 7 nitrogen and oxygen atoms in total. The lowest BCUT2D eigenvalue weighted by Gasteiger charge is -1.98. The number of benzene rings is 1. The molecule has 8 heteroatoms. The second-order valence-electron chi connectivity index (χ2n) is 3.18. The number of nitrogens with two attached hydrogens (primary N) is 2. The first-order valence-corrected chi connectivity index (χ1v) is 4.58. The van der Waals surface area contributed by atoms with Gasteiger partial charge in [0.15, 0.2) is 23.0 Å². The van der Waals surface area contributed by atoms with Crippen LogP contribution in [0.15, 0.2) is 28.4 Å². The Morgan fingerprint density at radius 1 is 1.24 bits per heavy atom. The summed E-state index contributed by atoms with van der Waals surface area (Å²) in [5.74, 6) is -0.868. The Kier molecular flexibility index (Phi) is 2.61. The summed E-state index contributed by atoms with van der Waals surface area (Å²) in [4.78, 5) is 0. The fraction of sp³-hybridized carbons (Fsp3) is 0. The van der Waals surface area contributed by atoms with Gasteiger partial charge in [0.1, 0.15) is 11.6 Å². The molecule has 0 unspecified atom stereocenters. The van der Waals surface area contributed by atoms with Crippen LogP contribution in [0.2, 0.25) is 0 Å². The van der Waals surface area contributed by atoms with Gasteiger partial charge in [-0.05, 0) is 12.1 Å². The van der Waals surface area contributed by atoms with Crippen LogP contribution in [0.3, 0.4) is 0 Å². The van der Waals surface area contributed by atoms with Crippen LogP contribution in [0.1, 0.15) is 0 Å². The minimum Gasteiger partial charge on any atom is -0.506 e. The van der Waals surface area contributed by atoms with E-state index < -0.39 is 5.82 Å². The number of azo groups is 1. The standard InChI is InChI=1S/C9H9FN6O/c10-4-2-1-3-5(17)6(4)13-14-7-8(11)15-16-9(7)12/h1-3,17H,(H5,11,12,15,16). The molecule has 0 spiro atoms. The Bertz CT molecular complexity index is 539. The maximum Gasteiger partial charge on any atom is 0.175 e. The summed E-state index contributed by atoms with van der Waals surface area (Å²) in [7, 11) is 0. The molecule has 17 heavy (non-hydrogen) atoms. The van der Waals surface area contributed by atoms with E-state index in [0.29, 0.717) is 0 Å². The zero-order valence-corrected chi connectivity index (χ0v) is 8.55. The third kappa shape index (κ3) is 2.00. The highest BCUT2D eigenvalue weighted by Gasteiger charge is 2.09. The van der Waals surface area contributed by atoms with Crippen LogP contribution < -0.4 is 11.5 Å². The van der Waals surface area contributed by atoms with Gasteiger partial charge in [0, 0.05) is 0 Å². The van der Waals surface area contributed by atoms with Crippen molar-refractivity contribution in [2.24, 2.45) is 10.2 Å². The number of phenolic OH excluding ortho intramolecular Hbond substituents is 1. The Morgan fingerprint density at radius 2 is 1.94 bits per heavy atom. The molecular formula is C9H9FN6O. The maximum atomic E-state index is 13.3. The zero-order chi connectivity index (χ0) is 12.4. The second kappa shape index (κ2) is 4.08. The second-order valence-corrected chi connectivity index (χ2v) is 3.18. The number of hydrogen-bond acceptors (Lipinski definition) is 6. The molecule has 0 saturated heterocycles. The zero-order valence-electron chi connectivity index (χ0n) is 8.55. The normalized spacial score (nSPS) is 11.1. The molecule has 0 amide bonds. The number of nitrogens with zero attached hydrogens (tertiary/aromatic N) is 3. The van der Waals surface area contributed by atoms with Gasteiger partial charge in [0.25, 0.3) is 0 Å². The highest BCUT2D eigenvalue weighted by Crippen LogP contribution is 2.33. The van der Waals surface area contributed by atoms with Crippen LogP contribution in [0.4, 0.5) is 27.4 Å². The van der Waals surface area contributed by atoms with Gasteiger partial charge in [-0.2, -0.15) is 5.10 Å². The van der Waals surface area contributed by atoms with Crippen LogP contribution in [-0.2, 0) is 0 Å². The van der Waals surface area contributed by atoms with Gasteiger partial charge in [-0.25, -0.2) is 4.39 Å². The monoisotopic (exact) mass is 236 g/mol. The van der Waals surface area contributed by atoms with E-state index in [2.05, 4.69) is 20.4 Å². The van der Waals surface area contributed by atoms with Crippen LogP contribution in [-0.4, -0.2) is 15.3 Å². The molecule has 1 aromatic carbocycles. The predicted molar refractivity (Wildman–Crippen MR) is 59.7 cm³/mol. The van der Waals surface area contributed by atoms with E-state index in [-0.39, 0.29) is 28.8 Å². The molecule has 0 aliphatic heterocycles. The first-order chi connectivity index (χ1) is 8.09. The van der Waals surface area contributed by atoms with Gasteiger partial charge in [-0.1, -0.05) is 6.07 Å². The van der Waals surface area contributed by atoms with Crippen molar-refractivity contribution in [3.05, 3.63) is 24.0 Å². The van der Waals surface area contributed by atoms with Crippen molar-refractivity contribution in [1.82, 2.24) is 10.2 Å². The van der Waals surface area contributed by atoms with Crippen molar-refractivity contribution in [2.45, 2.75) is 0 Å². The lowest BCUT2D eigenvalue weighted by atomic mass is 10.3. The van der Waals surface area contributed by atoms with Crippen molar-refractivity contribution in [1.29, 1.82) is 0 Å². The molecule has 6 N–H and O–H groups in total. The molecule has 0 atom stereocenters. The van der Waals surface area contributed by atoms with Crippen molar-refractivity contribution >= 4 is 23.0 Å². The van der Waals surface area contributed by atoms with Gasteiger partial charge in [0.05, 0.1) is 0 Å². The number of hydrogen-bond donors (Lipinski definition) is 4. The van der Waals surface area contributed by atoms with E-state index in [1.807, 2.05) is 0 Å². The van der Waals surface area contributed by atoms with Crippen molar-refractivity contribution in [3.63, 3.8) is 0 Å². The molecule has 0 radical (unpaired) electrons. The number of halogens is 1. The van der Waals surface area contributed by atoms with Gasteiger partial charge in [-0.15, -0.1) is 10.2 Å². The Balaban J connectivity index is 2.39. The number of aromatic amines is 1. The molecule has 2 aromatic rings. The first kappa shape index (κ1) is 10.9. The van der Waals surface area contributed by atoms with Gasteiger partial charge < -0.3 is 16.6 Å². The average Bonchev–Trinajstić information content (AvgIpc) is 2.59. The Labute approximate surface area is 95.0 Å². The SMILES string of the molecule is Nc1n[nH]c(N)c1N=Nc1c(O)cccc1F. The highest BCUT2D eigenvalue weighted by atomic mass is 19.1. The quantitative estimate of drug-likeness (QED) is 0.593. The number of aromatic hydroxyl groups is 1. The molecule has 0 bridgehead atoms. The number of nitrogen functional groups attached to an aromatic ring is 2. The molecule has 0 aliphatic carbocycles. The number of nitrogens with one attached hydrogen (secondary N) is 1. The molecule has 2 rings (SSSR count). The van der Waals surface area contributed by atoms with E-state index >= 15 is 0 Å². The summed E-state index contributed by atoms with van der Waals surface area (Å²) in [5, 5.41) is 22.6. The van der Waals surface area contributed by atoms with E-state index in [1.54, 1.807) is 0 Å². The van der Waals surface area contributed by atoms with Crippen molar-refractivity contribution < 1.29 is 9.50 Å². The first-order valence-electron chi connectivity index (χ1n) is 4.58. The molecule has 0 saturated carbocycles. The minimum atomic E-state index is -0.700. The highest BCUT2D eigenvalue weighted by molar-refractivity contribution is 5.70. The number of aromatic nitrogens is 2. The summed E-state index contributed by atoms with van der Waals surface area (Å²) in [6.07, 6.45) is 0. The predicted octanol–water partition coefficient (Wildman–Crippen LogP) is 1.83. The number of H-pyrrole nitrogens is 1. The Hall–Kier alpha value is -2.64. The molecular weight excluding hydrogens is 227 g/mol. The summed E-state index contributed by atoms with van der Waals surface area (Å²) in [6.45, 7) is 0. The van der Waals surface area contributed by atoms with Crippen molar-refractivity contribution in [2.75, 3.05) is 11.5 Å². The van der Waals surface area contributed by atoms with E-state index in [0.717, 1.165) is 6.07 Å². The van der Waals surface area contributed by atoms with Crippen LogP contribution in [0.25, 0.3) is 0 Å². The summed E-state index contributed by atoms with van der Waals surface area (Å²) in [6, 6.07) is 3.79. The Morgan fingerprint density at radius 3 is 2.53 bits per heavy atom. The summed E-state index contributed by atoms with van der Waals surface area (Å²) < 4.78 is 13.3. The molecule has 0 aliphatic rings. The maximum absolute atomic E-state index is 13.3. The van der Waals surface area contributed by atoms with E-state index in [4.69, 9.17) is 11.5 Å². The summed E-state index contributed by atoms with van der Waals surface area (Å²) >= 11 is 0. The fourth-order valence-electron chi connectivity index (χ4n) is 1.17. The van der Waals surface area contributed by atoms with E-state index in [9.17, 15) is 9.50 Å². The minimum absolute atomic E-state index is 0.0436. The molecule has 0 fully saturated rings.